The molecule has 2 aromatic carbocycles. The van der Waals surface area contributed by atoms with E-state index >= 15 is 0 Å². The molecule has 0 saturated heterocycles. The van der Waals surface area contributed by atoms with E-state index in [9.17, 15) is 27.6 Å². The van der Waals surface area contributed by atoms with Crippen LogP contribution in [0.4, 0.5) is 18.9 Å². The van der Waals surface area contributed by atoms with Crippen molar-refractivity contribution in [3.8, 4) is 5.75 Å². The maximum atomic E-state index is 12.7. The van der Waals surface area contributed by atoms with Gasteiger partial charge in [0, 0.05) is 11.3 Å². The zero-order valence-corrected chi connectivity index (χ0v) is 15.6. The van der Waals surface area contributed by atoms with Crippen LogP contribution in [0.15, 0.2) is 48.5 Å². The van der Waals surface area contributed by atoms with E-state index < -0.39 is 36.3 Å². The van der Waals surface area contributed by atoms with Crippen LogP contribution in [0.1, 0.15) is 29.8 Å². The predicted octanol–water partition coefficient (Wildman–Crippen LogP) is 3.86. The average molecular weight is 409 g/mol. The van der Waals surface area contributed by atoms with Crippen LogP contribution in [0.5, 0.6) is 5.75 Å². The van der Waals surface area contributed by atoms with E-state index in [2.05, 4.69) is 5.32 Å². The van der Waals surface area contributed by atoms with Gasteiger partial charge in [-0.05, 0) is 44.2 Å². The minimum absolute atomic E-state index is 0.157. The van der Waals surface area contributed by atoms with Gasteiger partial charge >= 0.3 is 12.1 Å². The van der Waals surface area contributed by atoms with E-state index in [0.29, 0.717) is 11.3 Å². The fourth-order valence-corrected chi connectivity index (χ4v) is 2.25. The first-order chi connectivity index (χ1) is 13.6. The third-order valence-corrected chi connectivity index (χ3v) is 3.73. The Bertz CT molecular complexity index is 911. The molecule has 0 bridgehead atoms. The van der Waals surface area contributed by atoms with Crippen LogP contribution in [0.3, 0.4) is 0 Å². The number of ketones is 1. The van der Waals surface area contributed by atoms with E-state index in [4.69, 9.17) is 9.47 Å². The van der Waals surface area contributed by atoms with Gasteiger partial charge in [0.2, 0.25) is 0 Å². The molecule has 154 valence electrons. The molecule has 0 spiro atoms. The second-order valence-electron chi connectivity index (χ2n) is 6.07. The minimum atomic E-state index is -4.54. The molecule has 0 aliphatic rings. The third kappa shape index (κ3) is 6.63. The van der Waals surface area contributed by atoms with Gasteiger partial charge in [-0.15, -0.1) is 0 Å². The first-order valence-electron chi connectivity index (χ1n) is 8.47. The molecule has 0 saturated carbocycles. The maximum Gasteiger partial charge on any atom is 0.416 e. The molecular weight excluding hydrogens is 391 g/mol. The van der Waals surface area contributed by atoms with Gasteiger partial charge < -0.3 is 14.8 Å². The topological polar surface area (TPSA) is 81.7 Å². The number of hydrogen-bond donors (Lipinski definition) is 1. The van der Waals surface area contributed by atoms with Gasteiger partial charge in [0.15, 0.2) is 18.5 Å². The summed E-state index contributed by atoms with van der Waals surface area (Å²) in [5.41, 5.74) is -0.156. The third-order valence-electron chi connectivity index (χ3n) is 3.73. The number of anilines is 1. The van der Waals surface area contributed by atoms with Gasteiger partial charge in [0.05, 0.1) is 5.56 Å². The summed E-state index contributed by atoms with van der Waals surface area (Å²) in [5, 5.41) is 2.51. The normalized spacial score (nSPS) is 12.0. The molecule has 0 aliphatic carbocycles. The van der Waals surface area contributed by atoms with Crippen LogP contribution >= 0.6 is 0 Å². The number of carbonyl (C=O) groups excluding carboxylic acids is 3. The second-order valence-corrected chi connectivity index (χ2v) is 6.07. The number of amides is 1. The Hall–Kier alpha value is -3.36. The Morgan fingerprint density at radius 3 is 2.41 bits per heavy atom. The lowest BCUT2D eigenvalue weighted by atomic mass is 10.1. The Morgan fingerprint density at radius 1 is 1.07 bits per heavy atom. The highest BCUT2D eigenvalue weighted by atomic mass is 19.4. The molecular formula is C20H18F3NO5. The summed E-state index contributed by atoms with van der Waals surface area (Å²) in [6, 6.07) is 10.3. The summed E-state index contributed by atoms with van der Waals surface area (Å²) in [6.07, 6.45) is -5.72. The van der Waals surface area contributed by atoms with Gasteiger partial charge in [0.25, 0.3) is 5.91 Å². The Labute approximate surface area is 164 Å². The zero-order chi connectivity index (χ0) is 21.6. The lowest BCUT2D eigenvalue weighted by Gasteiger charge is -2.14. The maximum absolute atomic E-state index is 12.7. The standard InChI is InChI=1S/C20H18F3NO5/c1-12(25)14-5-3-7-16(9-14)24-19(27)13(2)29-18(26)11-28-17-8-4-6-15(10-17)20(21,22)23/h3-10,13H,11H2,1-2H3,(H,24,27)/t13-/m1/s1. The SMILES string of the molecule is CC(=O)c1cccc(NC(=O)[C@@H](C)OC(=O)COc2cccc(C(F)(F)F)c2)c1. The van der Waals surface area contributed by atoms with Crippen LogP contribution in [0.2, 0.25) is 0 Å². The van der Waals surface area contributed by atoms with Crippen LogP contribution in [0.25, 0.3) is 0 Å². The van der Waals surface area contributed by atoms with Crippen LogP contribution in [-0.4, -0.2) is 30.4 Å². The number of rotatable bonds is 7. The van der Waals surface area contributed by atoms with Crippen molar-refractivity contribution in [1.82, 2.24) is 0 Å². The highest BCUT2D eigenvalue weighted by Gasteiger charge is 2.30. The van der Waals surface area contributed by atoms with Gasteiger partial charge in [-0.3, -0.25) is 9.59 Å². The Kier molecular flexibility index (Phi) is 6.98. The fourth-order valence-electron chi connectivity index (χ4n) is 2.25. The molecule has 2 aromatic rings. The quantitative estimate of drug-likeness (QED) is 0.555. The van der Waals surface area contributed by atoms with E-state index in [0.717, 1.165) is 18.2 Å². The summed E-state index contributed by atoms with van der Waals surface area (Å²) >= 11 is 0. The summed E-state index contributed by atoms with van der Waals surface area (Å²) in [5.74, 6) is -1.90. The first kappa shape index (κ1) is 21.9. The van der Waals surface area contributed by atoms with Crippen molar-refractivity contribution in [3.05, 3.63) is 59.7 Å². The molecule has 0 radical (unpaired) electrons. The molecule has 9 heteroatoms. The molecule has 1 atom stereocenters. The first-order valence-corrected chi connectivity index (χ1v) is 8.47. The zero-order valence-electron chi connectivity index (χ0n) is 15.6. The molecule has 0 heterocycles. The predicted molar refractivity (Wildman–Crippen MR) is 97.6 cm³/mol. The van der Waals surface area contributed by atoms with Gasteiger partial charge in [-0.1, -0.05) is 18.2 Å². The minimum Gasteiger partial charge on any atom is -0.482 e. The number of halogens is 3. The molecule has 2 rings (SSSR count). The van der Waals surface area contributed by atoms with Crippen LogP contribution in [-0.2, 0) is 20.5 Å². The van der Waals surface area contributed by atoms with E-state index in [1.807, 2.05) is 0 Å². The molecule has 6 nitrogen and oxygen atoms in total. The molecule has 0 aliphatic heterocycles. The molecule has 1 N–H and O–H groups in total. The smallest absolute Gasteiger partial charge is 0.416 e. The highest BCUT2D eigenvalue weighted by Crippen LogP contribution is 2.31. The number of carbonyl (C=O) groups is 3. The molecule has 29 heavy (non-hydrogen) atoms. The van der Waals surface area contributed by atoms with Crippen molar-refractivity contribution in [2.24, 2.45) is 0 Å². The van der Waals surface area contributed by atoms with Crippen LogP contribution < -0.4 is 10.1 Å². The lowest BCUT2D eigenvalue weighted by molar-refractivity contribution is -0.155. The molecule has 0 aromatic heterocycles. The Balaban J connectivity index is 1.88. The number of alkyl halides is 3. The van der Waals surface area contributed by atoms with Crippen molar-refractivity contribution in [1.29, 1.82) is 0 Å². The average Bonchev–Trinajstić information content (AvgIpc) is 2.66. The molecule has 1 amide bonds. The number of esters is 1. The number of benzene rings is 2. The summed E-state index contributed by atoms with van der Waals surface area (Å²) in [7, 11) is 0. The number of Topliss-reactive ketones (excluding diaryl/α,β-unsaturated/α-hetero) is 1. The molecule has 0 unspecified atom stereocenters. The van der Waals surface area contributed by atoms with Gasteiger partial charge in [0.1, 0.15) is 5.75 Å². The summed E-state index contributed by atoms with van der Waals surface area (Å²) < 4.78 is 47.9. The lowest BCUT2D eigenvalue weighted by Crippen LogP contribution is -2.31. The van der Waals surface area contributed by atoms with Crippen LogP contribution in [0, 0.1) is 0 Å². The van der Waals surface area contributed by atoms with Gasteiger partial charge in [-0.2, -0.15) is 13.2 Å². The van der Waals surface area contributed by atoms with E-state index in [-0.39, 0.29) is 11.5 Å². The summed E-state index contributed by atoms with van der Waals surface area (Å²) in [4.78, 5) is 35.3. The van der Waals surface area contributed by atoms with Crippen molar-refractivity contribution >= 4 is 23.3 Å². The second kappa shape index (κ2) is 9.22. The summed E-state index contributed by atoms with van der Waals surface area (Å²) in [6.45, 7) is 2.04. The van der Waals surface area contributed by atoms with E-state index in [1.54, 1.807) is 18.2 Å². The largest absolute Gasteiger partial charge is 0.482 e. The van der Waals surface area contributed by atoms with Gasteiger partial charge in [-0.25, -0.2) is 4.79 Å². The van der Waals surface area contributed by atoms with E-state index in [1.165, 1.54) is 26.0 Å². The number of nitrogens with one attached hydrogen (secondary N) is 1. The number of hydrogen-bond acceptors (Lipinski definition) is 5. The van der Waals surface area contributed by atoms with Crippen molar-refractivity contribution in [3.63, 3.8) is 0 Å². The van der Waals surface area contributed by atoms with Crippen molar-refractivity contribution in [2.75, 3.05) is 11.9 Å². The fraction of sp³-hybridized carbons (Fsp3) is 0.250. The van der Waals surface area contributed by atoms with Crippen molar-refractivity contribution in [2.45, 2.75) is 26.1 Å². The number of ether oxygens (including phenoxy) is 2. The Morgan fingerprint density at radius 2 is 1.76 bits per heavy atom. The monoisotopic (exact) mass is 409 g/mol. The molecule has 0 fully saturated rings. The highest BCUT2D eigenvalue weighted by molar-refractivity contribution is 5.98. The van der Waals surface area contributed by atoms with Crippen molar-refractivity contribution < 1.29 is 37.0 Å².